The molecule has 1 fully saturated rings. The first kappa shape index (κ1) is 8.48. The van der Waals surface area contributed by atoms with Crippen molar-refractivity contribution in [3.8, 4) is 0 Å². The summed E-state index contributed by atoms with van der Waals surface area (Å²) in [7, 11) is 0. The highest BCUT2D eigenvalue weighted by atomic mass is 14.1. The molecule has 0 aromatic carbocycles. The van der Waals surface area contributed by atoms with Crippen molar-refractivity contribution < 1.29 is 0 Å². The molecule has 0 aliphatic heterocycles. The molecule has 0 amide bonds. The second kappa shape index (κ2) is 5.61. The second-order valence-corrected chi connectivity index (χ2v) is 2.31. The van der Waals surface area contributed by atoms with E-state index in [1.54, 1.807) is 0 Å². The number of hydrogen-bond acceptors (Lipinski definition) is 0. The topological polar surface area (TPSA) is 0 Å². The SMILES string of the molecule is C=C.C=C1CCCCC1. The van der Waals surface area contributed by atoms with Gasteiger partial charge >= 0.3 is 0 Å². The predicted octanol–water partition coefficient (Wildman–Crippen LogP) is 3.31. The van der Waals surface area contributed by atoms with Gasteiger partial charge in [0.1, 0.15) is 0 Å². The Morgan fingerprint density at radius 1 is 0.889 bits per heavy atom. The van der Waals surface area contributed by atoms with E-state index in [4.69, 9.17) is 0 Å². The van der Waals surface area contributed by atoms with Crippen molar-refractivity contribution in [2.45, 2.75) is 32.1 Å². The van der Waals surface area contributed by atoms with Gasteiger partial charge in [0, 0.05) is 0 Å². The van der Waals surface area contributed by atoms with E-state index in [0.29, 0.717) is 0 Å². The molecule has 1 aliphatic carbocycles. The summed E-state index contributed by atoms with van der Waals surface area (Å²) in [4.78, 5) is 0. The molecule has 52 valence electrons. The van der Waals surface area contributed by atoms with E-state index in [1.165, 1.54) is 37.7 Å². The number of hydrogen-bond donors (Lipinski definition) is 0. The smallest absolute Gasteiger partial charge is 0.0323 e. The summed E-state index contributed by atoms with van der Waals surface area (Å²) in [6.45, 7) is 9.91. The molecular weight excluding hydrogens is 108 g/mol. The average Bonchev–Trinajstić information content (AvgIpc) is 1.94. The third-order valence-corrected chi connectivity index (χ3v) is 1.56. The van der Waals surface area contributed by atoms with Crippen LogP contribution in [0.15, 0.2) is 25.3 Å². The Kier molecular flexibility index (Phi) is 5.29. The monoisotopic (exact) mass is 124 g/mol. The van der Waals surface area contributed by atoms with Crippen LogP contribution in [0.3, 0.4) is 0 Å². The second-order valence-electron chi connectivity index (χ2n) is 2.31. The van der Waals surface area contributed by atoms with Crippen LogP contribution >= 0.6 is 0 Å². The average molecular weight is 124 g/mol. The Morgan fingerprint density at radius 3 is 1.56 bits per heavy atom. The molecule has 1 aliphatic rings. The van der Waals surface area contributed by atoms with E-state index in [1.807, 2.05) is 0 Å². The summed E-state index contributed by atoms with van der Waals surface area (Å²) in [6, 6.07) is 0. The van der Waals surface area contributed by atoms with E-state index in [9.17, 15) is 0 Å². The van der Waals surface area contributed by atoms with Crippen molar-refractivity contribution >= 4 is 0 Å². The van der Waals surface area contributed by atoms with E-state index in [0.717, 1.165) is 0 Å². The Bertz CT molecular complexity index is 74.0. The third kappa shape index (κ3) is 4.01. The van der Waals surface area contributed by atoms with Crippen molar-refractivity contribution in [1.82, 2.24) is 0 Å². The first-order valence-electron chi connectivity index (χ1n) is 3.56. The maximum absolute atomic E-state index is 3.91. The third-order valence-electron chi connectivity index (χ3n) is 1.56. The summed E-state index contributed by atoms with van der Waals surface area (Å²) in [5.74, 6) is 0. The molecule has 0 unspecified atom stereocenters. The van der Waals surface area contributed by atoms with Gasteiger partial charge in [-0.05, 0) is 25.7 Å². The summed E-state index contributed by atoms with van der Waals surface area (Å²) in [6.07, 6.45) is 6.79. The first-order valence-corrected chi connectivity index (χ1v) is 3.56. The van der Waals surface area contributed by atoms with Crippen molar-refractivity contribution in [1.29, 1.82) is 0 Å². The van der Waals surface area contributed by atoms with Gasteiger partial charge in [0.25, 0.3) is 0 Å². The zero-order valence-corrected chi connectivity index (χ0v) is 6.16. The Hall–Kier alpha value is -0.520. The molecule has 0 atom stereocenters. The molecule has 9 heavy (non-hydrogen) atoms. The predicted molar refractivity (Wildman–Crippen MR) is 43.5 cm³/mol. The van der Waals surface area contributed by atoms with Crippen LogP contribution in [0.2, 0.25) is 0 Å². The Balaban J connectivity index is 0.000000291. The summed E-state index contributed by atoms with van der Waals surface area (Å²) in [5, 5.41) is 0. The number of rotatable bonds is 0. The molecule has 0 aromatic rings. The van der Waals surface area contributed by atoms with Crippen molar-refractivity contribution in [2.75, 3.05) is 0 Å². The lowest BCUT2D eigenvalue weighted by molar-refractivity contribution is 0.601. The minimum atomic E-state index is 1.29. The zero-order chi connectivity index (χ0) is 7.11. The van der Waals surface area contributed by atoms with Crippen LogP contribution < -0.4 is 0 Å². The van der Waals surface area contributed by atoms with Crippen LogP contribution in [0.25, 0.3) is 0 Å². The molecule has 0 nitrogen and oxygen atoms in total. The quantitative estimate of drug-likeness (QED) is 0.434. The zero-order valence-electron chi connectivity index (χ0n) is 6.16. The fraction of sp³-hybridized carbons (Fsp3) is 0.556. The molecule has 1 saturated carbocycles. The van der Waals surface area contributed by atoms with Crippen molar-refractivity contribution in [3.63, 3.8) is 0 Å². The summed E-state index contributed by atoms with van der Waals surface area (Å²) >= 11 is 0. The van der Waals surface area contributed by atoms with Gasteiger partial charge in [-0.15, -0.1) is 13.2 Å². The maximum Gasteiger partial charge on any atom is -0.0323 e. The van der Waals surface area contributed by atoms with Crippen molar-refractivity contribution in [2.24, 2.45) is 0 Å². The van der Waals surface area contributed by atoms with Crippen LogP contribution in [0.5, 0.6) is 0 Å². The minimum absolute atomic E-state index is 1.29. The molecule has 0 N–H and O–H groups in total. The van der Waals surface area contributed by atoms with Crippen LogP contribution in [0, 0.1) is 0 Å². The largest absolute Gasteiger partial charge is 0.106 e. The van der Waals surface area contributed by atoms with Gasteiger partial charge in [0.05, 0.1) is 0 Å². The van der Waals surface area contributed by atoms with Crippen LogP contribution in [-0.2, 0) is 0 Å². The maximum atomic E-state index is 3.91. The van der Waals surface area contributed by atoms with E-state index in [2.05, 4.69) is 19.7 Å². The molecule has 0 spiro atoms. The Labute approximate surface area is 58.3 Å². The molecule has 0 heteroatoms. The highest BCUT2D eigenvalue weighted by molar-refractivity contribution is 4.95. The van der Waals surface area contributed by atoms with Gasteiger partial charge in [-0.1, -0.05) is 18.6 Å². The molecule has 0 bridgehead atoms. The fourth-order valence-corrected chi connectivity index (χ4v) is 1.05. The Morgan fingerprint density at radius 2 is 1.33 bits per heavy atom. The molecule has 0 radical (unpaired) electrons. The lowest BCUT2D eigenvalue weighted by atomic mass is 9.97. The standard InChI is InChI=1S/C7H12.C2H4/c1-7-5-3-2-4-6-7;1-2/h1-6H2;1-2H2. The lowest BCUT2D eigenvalue weighted by Crippen LogP contribution is -1.90. The van der Waals surface area contributed by atoms with Gasteiger partial charge in [-0.2, -0.15) is 0 Å². The van der Waals surface area contributed by atoms with Gasteiger partial charge < -0.3 is 0 Å². The van der Waals surface area contributed by atoms with Gasteiger partial charge in [0.2, 0.25) is 0 Å². The normalized spacial score (nSPS) is 18.0. The summed E-state index contributed by atoms with van der Waals surface area (Å²) < 4.78 is 0. The highest BCUT2D eigenvalue weighted by Crippen LogP contribution is 2.20. The van der Waals surface area contributed by atoms with E-state index < -0.39 is 0 Å². The van der Waals surface area contributed by atoms with Gasteiger partial charge in [0.15, 0.2) is 0 Å². The van der Waals surface area contributed by atoms with Gasteiger partial charge in [-0.3, -0.25) is 0 Å². The summed E-state index contributed by atoms with van der Waals surface area (Å²) in [5.41, 5.74) is 1.46. The van der Waals surface area contributed by atoms with E-state index >= 15 is 0 Å². The van der Waals surface area contributed by atoms with E-state index in [-0.39, 0.29) is 0 Å². The minimum Gasteiger partial charge on any atom is -0.106 e. The van der Waals surface area contributed by atoms with Crippen molar-refractivity contribution in [3.05, 3.63) is 25.3 Å². The lowest BCUT2D eigenvalue weighted by Gasteiger charge is -2.10. The van der Waals surface area contributed by atoms with Crippen LogP contribution in [-0.4, -0.2) is 0 Å². The molecule has 1 rings (SSSR count). The number of allylic oxidation sites excluding steroid dienone is 1. The first-order chi connectivity index (χ1) is 4.39. The molecule has 0 saturated heterocycles. The molecule has 0 aromatic heterocycles. The fourth-order valence-electron chi connectivity index (χ4n) is 1.05. The molecular formula is C9H16. The van der Waals surface area contributed by atoms with Crippen LogP contribution in [0.4, 0.5) is 0 Å². The highest BCUT2D eigenvalue weighted by Gasteiger charge is 2.00. The van der Waals surface area contributed by atoms with Gasteiger partial charge in [-0.25, -0.2) is 0 Å². The van der Waals surface area contributed by atoms with Crippen LogP contribution in [0.1, 0.15) is 32.1 Å². The molecule has 0 heterocycles.